The van der Waals surface area contributed by atoms with E-state index in [2.05, 4.69) is 0 Å². The number of ether oxygens (including phenoxy) is 2. The second-order valence-electron chi connectivity index (χ2n) is 5.02. The highest BCUT2D eigenvalue weighted by Gasteiger charge is 2.35. The fourth-order valence-electron chi connectivity index (χ4n) is 2.63. The van der Waals surface area contributed by atoms with Crippen LogP contribution in [0.15, 0.2) is 12.1 Å². The summed E-state index contributed by atoms with van der Waals surface area (Å²) in [7, 11) is 3.02. The molecule has 1 heterocycles. The van der Waals surface area contributed by atoms with Gasteiger partial charge in [-0.05, 0) is 37.5 Å². The molecule has 6 nitrogen and oxygen atoms in total. The van der Waals surface area contributed by atoms with E-state index in [1.54, 1.807) is 19.1 Å². The molecule has 0 spiro atoms. The lowest BCUT2D eigenvalue weighted by atomic mass is 10.1. The molecule has 1 fully saturated rings. The lowest BCUT2D eigenvalue weighted by molar-refractivity contribution is -0.141. The monoisotopic (exact) mass is 293 g/mol. The summed E-state index contributed by atoms with van der Waals surface area (Å²) in [6, 6.07) is 2.58. The van der Waals surface area contributed by atoms with Crippen molar-refractivity contribution in [3.63, 3.8) is 0 Å². The normalized spacial score (nSPS) is 17.7. The average Bonchev–Trinajstić information content (AvgIpc) is 2.95. The maximum Gasteiger partial charge on any atom is 0.326 e. The van der Waals surface area contributed by atoms with E-state index in [1.807, 2.05) is 0 Å². The van der Waals surface area contributed by atoms with Crippen molar-refractivity contribution in [2.45, 2.75) is 25.8 Å². The molecular weight excluding hydrogens is 274 g/mol. The largest absolute Gasteiger partial charge is 0.493 e. The first-order chi connectivity index (χ1) is 9.99. The number of aliphatic carboxylic acids is 1. The third-order valence-corrected chi connectivity index (χ3v) is 3.76. The van der Waals surface area contributed by atoms with E-state index < -0.39 is 12.0 Å². The number of carboxylic acids is 1. The van der Waals surface area contributed by atoms with Crippen LogP contribution < -0.4 is 9.47 Å². The van der Waals surface area contributed by atoms with Crippen LogP contribution in [0.5, 0.6) is 11.5 Å². The predicted molar refractivity (Wildman–Crippen MR) is 76.0 cm³/mol. The van der Waals surface area contributed by atoms with Crippen molar-refractivity contribution < 1.29 is 24.2 Å². The van der Waals surface area contributed by atoms with Gasteiger partial charge in [-0.25, -0.2) is 4.79 Å². The smallest absolute Gasteiger partial charge is 0.326 e. The first-order valence-electron chi connectivity index (χ1n) is 6.76. The number of aryl methyl sites for hydroxylation is 1. The molecule has 0 aromatic heterocycles. The lowest BCUT2D eigenvalue weighted by Gasteiger charge is -2.23. The molecular formula is C15H19NO5. The van der Waals surface area contributed by atoms with E-state index in [1.165, 1.54) is 19.1 Å². The number of methoxy groups -OCH3 is 2. The number of carbonyl (C=O) groups is 2. The molecule has 1 aromatic rings. The number of benzene rings is 1. The third kappa shape index (κ3) is 2.79. The zero-order valence-corrected chi connectivity index (χ0v) is 12.4. The van der Waals surface area contributed by atoms with Gasteiger partial charge in [-0.2, -0.15) is 0 Å². The maximum atomic E-state index is 12.6. The molecule has 1 aliphatic rings. The summed E-state index contributed by atoms with van der Waals surface area (Å²) >= 11 is 0. The molecule has 0 bridgehead atoms. The Morgan fingerprint density at radius 1 is 1.24 bits per heavy atom. The minimum atomic E-state index is -0.959. The highest BCUT2D eigenvalue weighted by atomic mass is 16.5. The number of nitrogens with zero attached hydrogens (tertiary/aromatic N) is 1. The topological polar surface area (TPSA) is 76.1 Å². The Labute approximate surface area is 123 Å². The Kier molecular flexibility index (Phi) is 4.35. The number of carbonyl (C=O) groups excluding carboxylic acids is 1. The summed E-state index contributed by atoms with van der Waals surface area (Å²) in [6.45, 7) is 2.25. The van der Waals surface area contributed by atoms with Crippen molar-refractivity contribution >= 4 is 11.9 Å². The van der Waals surface area contributed by atoms with Gasteiger partial charge in [0.2, 0.25) is 0 Å². The zero-order valence-electron chi connectivity index (χ0n) is 12.4. The number of carboxylic acid groups (broad SMARTS) is 1. The molecule has 1 atom stereocenters. The first kappa shape index (κ1) is 15.2. The van der Waals surface area contributed by atoms with Gasteiger partial charge in [-0.1, -0.05) is 0 Å². The van der Waals surface area contributed by atoms with E-state index in [4.69, 9.17) is 9.47 Å². The van der Waals surface area contributed by atoms with E-state index in [-0.39, 0.29) is 5.91 Å². The minimum Gasteiger partial charge on any atom is -0.493 e. The Morgan fingerprint density at radius 3 is 2.43 bits per heavy atom. The maximum absolute atomic E-state index is 12.6. The molecule has 1 aliphatic heterocycles. The molecule has 0 saturated carbocycles. The number of hydrogen-bond acceptors (Lipinski definition) is 4. The molecule has 1 saturated heterocycles. The second-order valence-corrected chi connectivity index (χ2v) is 5.02. The molecule has 21 heavy (non-hydrogen) atoms. The first-order valence-corrected chi connectivity index (χ1v) is 6.76. The number of hydrogen-bond donors (Lipinski definition) is 1. The van der Waals surface area contributed by atoms with Gasteiger partial charge in [0.15, 0.2) is 11.5 Å². The third-order valence-electron chi connectivity index (χ3n) is 3.76. The quantitative estimate of drug-likeness (QED) is 0.914. The fraction of sp³-hybridized carbons (Fsp3) is 0.467. The van der Waals surface area contributed by atoms with Crippen LogP contribution >= 0.6 is 0 Å². The van der Waals surface area contributed by atoms with Crippen LogP contribution in [-0.2, 0) is 4.79 Å². The van der Waals surface area contributed by atoms with E-state index >= 15 is 0 Å². The van der Waals surface area contributed by atoms with E-state index in [9.17, 15) is 14.7 Å². The summed E-state index contributed by atoms with van der Waals surface area (Å²) in [5, 5.41) is 9.19. The molecule has 6 heteroatoms. The van der Waals surface area contributed by atoms with Gasteiger partial charge < -0.3 is 19.5 Å². The summed E-state index contributed by atoms with van der Waals surface area (Å²) in [5.41, 5.74) is 1.18. The van der Waals surface area contributed by atoms with Crippen molar-refractivity contribution in [2.24, 2.45) is 0 Å². The van der Waals surface area contributed by atoms with Gasteiger partial charge in [0.05, 0.1) is 14.2 Å². The Morgan fingerprint density at radius 2 is 1.86 bits per heavy atom. The second kappa shape index (κ2) is 6.03. The highest BCUT2D eigenvalue weighted by Crippen LogP contribution is 2.32. The molecule has 1 aromatic carbocycles. The molecule has 114 valence electrons. The van der Waals surface area contributed by atoms with Crippen molar-refractivity contribution in [1.29, 1.82) is 0 Å². The molecule has 2 rings (SSSR count). The highest BCUT2D eigenvalue weighted by molar-refractivity contribution is 5.98. The van der Waals surface area contributed by atoms with Crippen LogP contribution in [0.3, 0.4) is 0 Å². The van der Waals surface area contributed by atoms with Crippen molar-refractivity contribution in [3.05, 3.63) is 23.3 Å². The number of rotatable bonds is 4. The summed E-state index contributed by atoms with van der Waals surface area (Å²) in [5.74, 6) is -0.238. The Balaban J connectivity index is 2.37. The van der Waals surface area contributed by atoms with Gasteiger partial charge in [0, 0.05) is 12.1 Å². The van der Waals surface area contributed by atoms with Gasteiger partial charge in [-0.15, -0.1) is 0 Å². The number of amides is 1. The van der Waals surface area contributed by atoms with Gasteiger partial charge in [0.25, 0.3) is 5.91 Å². The van der Waals surface area contributed by atoms with E-state index in [0.717, 1.165) is 5.56 Å². The average molecular weight is 293 g/mol. The molecule has 1 N–H and O–H groups in total. The van der Waals surface area contributed by atoms with Gasteiger partial charge >= 0.3 is 5.97 Å². The Bertz CT molecular complexity index is 569. The molecule has 0 radical (unpaired) electrons. The number of likely N-dealkylation sites (tertiary alicyclic amines) is 1. The molecule has 0 aliphatic carbocycles. The van der Waals surface area contributed by atoms with Crippen LogP contribution in [0.1, 0.15) is 28.8 Å². The SMILES string of the molecule is COc1cc(C)c(C(=O)N2CCC[C@H]2C(=O)O)cc1OC. The van der Waals surface area contributed by atoms with Crippen LogP contribution in [0.25, 0.3) is 0 Å². The predicted octanol–water partition coefficient (Wildman–Crippen LogP) is 1.70. The van der Waals surface area contributed by atoms with E-state index in [0.29, 0.717) is 36.4 Å². The van der Waals surface area contributed by atoms with Crippen LogP contribution in [0, 0.1) is 6.92 Å². The molecule has 0 unspecified atom stereocenters. The van der Waals surface area contributed by atoms with Crippen LogP contribution in [0.4, 0.5) is 0 Å². The van der Waals surface area contributed by atoms with Crippen molar-refractivity contribution in [2.75, 3.05) is 20.8 Å². The van der Waals surface area contributed by atoms with Crippen LogP contribution in [-0.4, -0.2) is 48.7 Å². The fourth-order valence-corrected chi connectivity index (χ4v) is 2.63. The summed E-state index contributed by atoms with van der Waals surface area (Å²) in [4.78, 5) is 25.2. The minimum absolute atomic E-state index is 0.279. The Hall–Kier alpha value is -2.24. The standard InChI is InChI=1S/C15H19NO5/c1-9-7-12(20-2)13(21-3)8-10(9)14(17)16-6-4-5-11(16)15(18)19/h7-8,11H,4-6H2,1-3H3,(H,18,19)/t11-/m0/s1. The van der Waals surface area contributed by atoms with Crippen molar-refractivity contribution in [1.82, 2.24) is 4.90 Å². The van der Waals surface area contributed by atoms with Crippen LogP contribution in [0.2, 0.25) is 0 Å². The van der Waals surface area contributed by atoms with Crippen molar-refractivity contribution in [3.8, 4) is 11.5 Å². The molecule has 1 amide bonds. The van der Waals surface area contributed by atoms with Gasteiger partial charge in [-0.3, -0.25) is 4.79 Å². The zero-order chi connectivity index (χ0) is 15.6. The van der Waals surface area contributed by atoms with Gasteiger partial charge in [0.1, 0.15) is 6.04 Å². The lowest BCUT2D eigenvalue weighted by Crippen LogP contribution is -2.40. The summed E-state index contributed by atoms with van der Waals surface area (Å²) < 4.78 is 10.4. The summed E-state index contributed by atoms with van der Waals surface area (Å²) in [6.07, 6.45) is 1.20.